The van der Waals surface area contributed by atoms with Crippen LogP contribution in [0, 0.1) is 0 Å². The molecule has 0 fully saturated rings. The summed E-state index contributed by atoms with van der Waals surface area (Å²) in [5.74, 6) is -13.1. The van der Waals surface area contributed by atoms with Crippen LogP contribution < -0.4 is 0 Å². The van der Waals surface area contributed by atoms with Crippen LogP contribution in [0.15, 0.2) is 0 Å². The maximum Gasteiger partial charge on any atom is 0.382 e. The van der Waals surface area contributed by atoms with Crippen LogP contribution in [0.2, 0.25) is 0 Å². The number of carbonyl (C=O) groups is 1. The zero-order valence-corrected chi connectivity index (χ0v) is 8.53. The van der Waals surface area contributed by atoms with E-state index in [1.807, 2.05) is 0 Å². The second-order valence-corrected chi connectivity index (χ2v) is 3.39. The average Bonchev–Trinajstić information content (AvgIpc) is 2.12. The number of methoxy groups -OCH3 is 1. The van der Waals surface area contributed by atoms with E-state index in [9.17, 15) is 31.3 Å². The molecule has 0 aliphatic carbocycles. The Bertz CT molecular complexity index is 277. The molecular weight excluding hydrogens is 244 g/mol. The van der Waals surface area contributed by atoms with Gasteiger partial charge in [-0.25, -0.2) is 13.6 Å². The van der Waals surface area contributed by atoms with Crippen LogP contribution >= 0.6 is 0 Å². The lowest BCUT2D eigenvalue weighted by atomic mass is 9.93. The van der Waals surface area contributed by atoms with Crippen molar-refractivity contribution < 1.29 is 36.1 Å². The van der Waals surface area contributed by atoms with Gasteiger partial charge in [0, 0.05) is 0 Å². The molecule has 3 nitrogen and oxygen atoms in total. The first-order valence-electron chi connectivity index (χ1n) is 3.88. The molecule has 0 bridgehead atoms. The molecule has 0 saturated heterocycles. The van der Waals surface area contributed by atoms with E-state index in [2.05, 4.69) is 4.74 Å². The summed E-state index contributed by atoms with van der Waals surface area (Å²) >= 11 is 0. The zero-order valence-electron chi connectivity index (χ0n) is 8.53. The fourth-order valence-electron chi connectivity index (χ4n) is 0.832. The van der Waals surface area contributed by atoms with Crippen LogP contribution in [0.25, 0.3) is 0 Å². The Morgan fingerprint density at radius 3 is 1.69 bits per heavy atom. The summed E-state index contributed by atoms with van der Waals surface area (Å²) in [6.07, 6.45) is 0. The number of rotatable bonds is 4. The van der Waals surface area contributed by atoms with Gasteiger partial charge in [0.25, 0.3) is 0 Å². The monoisotopic (exact) mass is 253 g/mol. The van der Waals surface area contributed by atoms with E-state index < -0.39 is 28.7 Å². The van der Waals surface area contributed by atoms with Crippen LogP contribution in [-0.2, 0) is 9.53 Å². The minimum absolute atomic E-state index is 0.160. The van der Waals surface area contributed by atoms with Crippen LogP contribution in [0.3, 0.4) is 0 Å². The van der Waals surface area contributed by atoms with Crippen LogP contribution in [0.4, 0.5) is 26.5 Å². The molecular formula is C7H9F6NO2. The van der Waals surface area contributed by atoms with Gasteiger partial charge in [-0.05, 0) is 13.8 Å². The molecule has 0 rings (SSSR count). The molecule has 0 aliphatic heterocycles. The molecule has 0 spiro atoms. The number of esters is 1. The van der Waals surface area contributed by atoms with Crippen molar-refractivity contribution in [2.75, 3.05) is 7.11 Å². The maximum atomic E-state index is 13.3. The quantitative estimate of drug-likeness (QED) is 0.333. The molecule has 0 aromatic carbocycles. The van der Waals surface area contributed by atoms with Crippen molar-refractivity contribution in [3.05, 3.63) is 0 Å². The van der Waals surface area contributed by atoms with Crippen molar-refractivity contribution in [2.45, 2.75) is 31.2 Å². The summed E-state index contributed by atoms with van der Waals surface area (Å²) in [6, 6.07) is 0. The fourth-order valence-corrected chi connectivity index (χ4v) is 0.832. The molecule has 0 aromatic heterocycles. The van der Waals surface area contributed by atoms with Gasteiger partial charge in [-0.15, -0.1) is 0 Å². The van der Waals surface area contributed by atoms with Crippen molar-refractivity contribution in [1.29, 1.82) is 0 Å². The first-order valence-corrected chi connectivity index (χ1v) is 3.88. The maximum absolute atomic E-state index is 13.3. The van der Waals surface area contributed by atoms with E-state index in [1.54, 1.807) is 0 Å². The summed E-state index contributed by atoms with van der Waals surface area (Å²) in [7, 11) is 0.418. The van der Waals surface area contributed by atoms with Gasteiger partial charge in [-0.3, -0.25) is 0 Å². The third-order valence-corrected chi connectivity index (χ3v) is 1.85. The number of carbonyl (C=O) groups excluding carboxylic acids is 1. The smallest absolute Gasteiger partial charge is 0.382 e. The summed E-state index contributed by atoms with van der Waals surface area (Å²) < 4.78 is 80.0. The van der Waals surface area contributed by atoms with Crippen molar-refractivity contribution in [1.82, 2.24) is 5.34 Å². The molecule has 0 aromatic rings. The first kappa shape index (κ1) is 15.0. The first-order chi connectivity index (χ1) is 6.92. The highest BCUT2D eigenvalue weighted by Gasteiger charge is 2.74. The summed E-state index contributed by atoms with van der Waals surface area (Å²) in [5.41, 5.74) is -3.69. The van der Waals surface area contributed by atoms with Crippen molar-refractivity contribution in [2.24, 2.45) is 0 Å². The molecule has 1 atom stereocenters. The van der Waals surface area contributed by atoms with E-state index in [1.165, 1.54) is 0 Å². The van der Waals surface area contributed by atoms with Gasteiger partial charge in [0.05, 0.1) is 12.5 Å². The molecule has 0 radical (unpaired) electrons. The Morgan fingerprint density at radius 1 is 1.12 bits per heavy atom. The largest absolute Gasteiger partial charge is 0.465 e. The van der Waals surface area contributed by atoms with Crippen LogP contribution in [0.5, 0.6) is 0 Å². The fraction of sp³-hybridized carbons (Fsp3) is 0.857. The normalized spacial score (nSPS) is 17.1. The molecule has 16 heavy (non-hydrogen) atoms. The van der Waals surface area contributed by atoms with Gasteiger partial charge in [-0.2, -0.15) is 8.78 Å². The lowest BCUT2D eigenvalue weighted by molar-refractivity contribution is -0.356. The number of ether oxygens (including phenoxy) is 1. The third kappa shape index (κ3) is 1.95. The minimum Gasteiger partial charge on any atom is -0.465 e. The Labute approximate surface area is 86.8 Å². The third-order valence-electron chi connectivity index (χ3n) is 1.85. The number of nitrogens with zero attached hydrogens (tertiary/aromatic N) is 1. The lowest BCUT2D eigenvalue weighted by Crippen LogP contribution is -2.64. The second-order valence-electron chi connectivity index (χ2n) is 3.39. The van der Waals surface area contributed by atoms with Gasteiger partial charge in [0.2, 0.25) is 0 Å². The van der Waals surface area contributed by atoms with E-state index in [0.29, 0.717) is 7.11 Å². The van der Waals surface area contributed by atoms with Crippen molar-refractivity contribution in [3.63, 3.8) is 0 Å². The van der Waals surface area contributed by atoms with Crippen LogP contribution in [0.1, 0.15) is 13.8 Å². The number of hydrogen-bond acceptors (Lipinski definition) is 3. The zero-order chi connectivity index (χ0) is 13.4. The minimum atomic E-state index is -5.30. The van der Waals surface area contributed by atoms with E-state index in [4.69, 9.17) is 0 Å². The predicted octanol–water partition coefficient (Wildman–Crippen LogP) is 2.28. The van der Waals surface area contributed by atoms with Gasteiger partial charge < -0.3 is 4.74 Å². The molecule has 0 aliphatic rings. The summed E-state index contributed by atoms with van der Waals surface area (Å²) in [5, 5.41) is -2.71. The van der Waals surface area contributed by atoms with E-state index >= 15 is 0 Å². The Hall–Kier alpha value is -0.990. The highest BCUT2D eigenvalue weighted by atomic mass is 19.4. The Kier molecular flexibility index (Phi) is 3.86. The van der Waals surface area contributed by atoms with Gasteiger partial charge in [-0.1, -0.05) is 8.96 Å². The molecule has 0 N–H and O–H groups in total. The number of halogens is 6. The summed E-state index contributed by atoms with van der Waals surface area (Å²) in [6.45, 7) is 0.321. The lowest BCUT2D eigenvalue weighted by Gasteiger charge is -2.35. The van der Waals surface area contributed by atoms with Gasteiger partial charge in [0.15, 0.2) is 5.67 Å². The van der Waals surface area contributed by atoms with Crippen LogP contribution in [-0.4, -0.2) is 35.8 Å². The molecule has 96 valence electrons. The Morgan fingerprint density at radius 2 is 1.50 bits per heavy atom. The number of hydrogen-bond donors (Lipinski definition) is 0. The molecule has 0 unspecified atom stereocenters. The molecule has 0 amide bonds. The highest BCUT2D eigenvalue weighted by molar-refractivity contribution is 5.80. The van der Waals surface area contributed by atoms with E-state index in [-0.39, 0.29) is 13.8 Å². The van der Waals surface area contributed by atoms with Gasteiger partial charge >= 0.3 is 17.7 Å². The molecule has 0 heterocycles. The van der Waals surface area contributed by atoms with E-state index in [0.717, 1.165) is 0 Å². The average molecular weight is 253 g/mol. The topological polar surface area (TPSA) is 29.5 Å². The standard InChI is InChI=1S/C7H9F6NO2/c1-5(2,8)7(10,11)6(9,14(12)13)4(15)16-3/h1-3H3/t6-/m1/s1. The molecule has 9 heteroatoms. The van der Waals surface area contributed by atoms with Crippen molar-refractivity contribution >= 4 is 5.97 Å². The predicted molar refractivity (Wildman–Crippen MR) is 40.0 cm³/mol. The van der Waals surface area contributed by atoms with Crippen molar-refractivity contribution in [3.8, 4) is 0 Å². The number of alkyl halides is 4. The highest BCUT2D eigenvalue weighted by Crippen LogP contribution is 2.46. The second kappa shape index (κ2) is 4.11. The molecule has 0 saturated carbocycles. The summed E-state index contributed by atoms with van der Waals surface area (Å²) in [4.78, 5) is 10.6. The van der Waals surface area contributed by atoms with Gasteiger partial charge in [0.1, 0.15) is 0 Å². The SMILES string of the molecule is COC(=O)[C@@](F)(N(F)F)C(F)(F)C(C)(C)F. The Balaban J connectivity index is 5.63.